The number of amides is 4. The predicted octanol–water partition coefficient (Wildman–Crippen LogP) is 2.42. The molecule has 35 heavy (non-hydrogen) atoms. The van der Waals surface area contributed by atoms with Crippen molar-refractivity contribution in [3.63, 3.8) is 0 Å². The van der Waals surface area contributed by atoms with Gasteiger partial charge in [-0.3, -0.25) is 34.9 Å². The van der Waals surface area contributed by atoms with Crippen molar-refractivity contribution in [2.45, 2.75) is 23.6 Å². The molecule has 2 aromatic carbocycles. The monoisotopic (exact) mass is 517 g/mol. The van der Waals surface area contributed by atoms with E-state index in [4.69, 9.17) is 27.9 Å². The minimum atomic E-state index is -0.838. The second-order valence-electron chi connectivity index (χ2n) is 8.22. The topological polar surface area (TPSA) is 122 Å². The lowest BCUT2D eigenvalue weighted by Crippen LogP contribution is -2.43. The summed E-state index contributed by atoms with van der Waals surface area (Å²) in [6.45, 7) is -0.655. The molecule has 1 aliphatic heterocycles. The molecule has 1 heterocycles. The quantitative estimate of drug-likeness (QED) is 0.272. The third-order valence-corrected chi connectivity index (χ3v) is 7.03. The number of carbonyl (C=O) groups is 5. The van der Waals surface area contributed by atoms with E-state index in [1.165, 1.54) is 24.3 Å². The number of hydrazine groups is 1. The zero-order valence-corrected chi connectivity index (χ0v) is 19.8. The number of fused-ring (bicyclic) bond motifs is 1. The molecule has 0 unspecified atom stereocenters. The molecule has 1 saturated heterocycles. The van der Waals surface area contributed by atoms with Crippen LogP contribution in [-0.2, 0) is 19.1 Å². The Morgan fingerprint density at radius 1 is 0.857 bits per heavy atom. The summed E-state index contributed by atoms with van der Waals surface area (Å²) < 4.78 is 5.00. The molecule has 9 nitrogen and oxygen atoms in total. The van der Waals surface area contributed by atoms with Gasteiger partial charge in [-0.2, -0.15) is 0 Å². The molecule has 2 aliphatic rings. The Kier molecular flexibility index (Phi) is 7.37. The lowest BCUT2D eigenvalue weighted by atomic mass is 9.80. The number of nitrogens with one attached hydrogen (secondary N) is 2. The molecule has 4 amide bonds. The van der Waals surface area contributed by atoms with E-state index in [0.29, 0.717) is 18.4 Å². The van der Waals surface area contributed by atoms with E-state index in [1.807, 2.05) is 0 Å². The van der Waals surface area contributed by atoms with Crippen molar-refractivity contribution < 1.29 is 28.7 Å². The van der Waals surface area contributed by atoms with Gasteiger partial charge in [0.25, 0.3) is 11.8 Å². The minimum Gasteiger partial charge on any atom is -0.452 e. The zero-order valence-electron chi connectivity index (χ0n) is 18.3. The number of anilines is 1. The van der Waals surface area contributed by atoms with E-state index in [9.17, 15) is 24.0 Å². The van der Waals surface area contributed by atoms with Crippen LogP contribution < -0.4 is 15.8 Å². The van der Waals surface area contributed by atoms with Gasteiger partial charge in [0.15, 0.2) is 6.61 Å². The summed E-state index contributed by atoms with van der Waals surface area (Å²) in [5.41, 5.74) is 4.99. The Morgan fingerprint density at radius 3 is 2.09 bits per heavy atom. The second-order valence-corrected chi connectivity index (χ2v) is 9.34. The number of imide groups is 1. The van der Waals surface area contributed by atoms with Crippen molar-refractivity contribution in [3.8, 4) is 0 Å². The van der Waals surface area contributed by atoms with Gasteiger partial charge in [-0.15, -0.1) is 23.2 Å². The highest BCUT2D eigenvalue weighted by molar-refractivity contribution is 6.31. The third kappa shape index (κ3) is 5.31. The van der Waals surface area contributed by atoms with Crippen LogP contribution >= 0.6 is 23.2 Å². The maximum absolute atomic E-state index is 12.9. The first kappa shape index (κ1) is 24.7. The average molecular weight is 518 g/mol. The van der Waals surface area contributed by atoms with E-state index in [0.717, 1.165) is 4.90 Å². The van der Waals surface area contributed by atoms with Gasteiger partial charge in [0.1, 0.15) is 0 Å². The summed E-state index contributed by atoms with van der Waals surface area (Å²) in [4.78, 5) is 63.3. The first-order valence-electron chi connectivity index (χ1n) is 10.8. The van der Waals surface area contributed by atoms with Crippen molar-refractivity contribution in [3.05, 3.63) is 65.7 Å². The highest BCUT2D eigenvalue weighted by atomic mass is 35.5. The molecular weight excluding hydrogens is 497 g/mol. The van der Waals surface area contributed by atoms with Crippen LogP contribution in [0.1, 0.15) is 33.6 Å². The number of nitrogens with zero attached hydrogens (tertiary/aromatic N) is 1. The molecule has 4 atom stereocenters. The van der Waals surface area contributed by atoms with E-state index in [1.54, 1.807) is 30.3 Å². The molecule has 11 heteroatoms. The number of carbonyl (C=O) groups excluding carboxylic acids is 5. The van der Waals surface area contributed by atoms with Gasteiger partial charge in [-0.05, 0) is 43.2 Å². The van der Waals surface area contributed by atoms with Crippen LogP contribution in [0.15, 0.2) is 54.6 Å². The molecule has 1 aliphatic carbocycles. The molecule has 0 bridgehead atoms. The Hall–Kier alpha value is -3.43. The van der Waals surface area contributed by atoms with Gasteiger partial charge in [0.05, 0.1) is 33.8 Å². The highest BCUT2D eigenvalue weighted by Crippen LogP contribution is 2.43. The number of rotatable bonds is 5. The Morgan fingerprint density at radius 2 is 1.46 bits per heavy atom. The summed E-state index contributed by atoms with van der Waals surface area (Å²) in [5, 5.41) is -0.806. The maximum Gasteiger partial charge on any atom is 0.338 e. The number of alkyl halides is 2. The van der Waals surface area contributed by atoms with Crippen molar-refractivity contribution in [1.82, 2.24) is 10.9 Å². The smallest absolute Gasteiger partial charge is 0.338 e. The first-order chi connectivity index (χ1) is 16.8. The van der Waals surface area contributed by atoms with E-state index in [2.05, 4.69) is 10.9 Å². The molecule has 2 N–H and O–H groups in total. The van der Waals surface area contributed by atoms with E-state index in [-0.39, 0.29) is 23.1 Å². The van der Waals surface area contributed by atoms with E-state index >= 15 is 0 Å². The van der Waals surface area contributed by atoms with Crippen molar-refractivity contribution in [1.29, 1.82) is 0 Å². The standard InChI is InChI=1S/C24H21Cl2N3O6/c25-18-10-16-17(11-19(18)26)23(33)29(22(16)32)15-8-4-7-14(9-15)24(34)35-12-20(30)27-28-21(31)13-5-2-1-3-6-13/h1-9,16-19H,10-12H2,(H,27,30)(H,28,31)/t16-,17-,18-,19+/m1/s1. The van der Waals surface area contributed by atoms with E-state index < -0.39 is 47.0 Å². The van der Waals surface area contributed by atoms with Gasteiger partial charge >= 0.3 is 5.97 Å². The molecular formula is C24H21Cl2N3O6. The molecule has 2 fully saturated rings. The number of halogens is 2. The molecule has 0 aromatic heterocycles. The average Bonchev–Trinajstić information content (AvgIpc) is 3.10. The Labute approximate surface area is 210 Å². The van der Waals surface area contributed by atoms with Crippen LogP contribution in [0.5, 0.6) is 0 Å². The summed E-state index contributed by atoms with van der Waals surface area (Å²) in [7, 11) is 0. The first-order valence-corrected chi connectivity index (χ1v) is 11.7. The fraction of sp³-hybridized carbons (Fsp3) is 0.292. The largest absolute Gasteiger partial charge is 0.452 e. The number of hydrogen-bond donors (Lipinski definition) is 2. The van der Waals surface area contributed by atoms with Crippen molar-refractivity contribution in [2.75, 3.05) is 11.5 Å². The number of esters is 1. The maximum atomic E-state index is 12.9. The predicted molar refractivity (Wildman–Crippen MR) is 127 cm³/mol. The van der Waals surface area contributed by atoms with Crippen LogP contribution in [0.4, 0.5) is 5.69 Å². The highest BCUT2D eigenvalue weighted by Gasteiger charge is 2.52. The fourth-order valence-corrected chi connectivity index (χ4v) is 4.75. The van der Waals surface area contributed by atoms with Crippen molar-refractivity contribution in [2.24, 2.45) is 11.8 Å². The molecule has 4 rings (SSSR count). The van der Waals surface area contributed by atoms with Crippen LogP contribution in [0, 0.1) is 11.8 Å². The fourth-order valence-electron chi connectivity index (χ4n) is 4.16. The van der Waals surface area contributed by atoms with Crippen LogP contribution in [-0.4, -0.2) is 47.0 Å². The number of ether oxygens (including phenoxy) is 1. The lowest BCUT2D eigenvalue weighted by molar-refractivity contribution is -0.125. The number of benzene rings is 2. The van der Waals surface area contributed by atoms with Crippen LogP contribution in [0.3, 0.4) is 0 Å². The van der Waals surface area contributed by atoms with Crippen LogP contribution in [0.25, 0.3) is 0 Å². The van der Waals surface area contributed by atoms with Gasteiger partial charge in [-0.25, -0.2) is 4.79 Å². The Bertz CT molecular complexity index is 1150. The van der Waals surface area contributed by atoms with Gasteiger partial charge in [-0.1, -0.05) is 24.3 Å². The summed E-state index contributed by atoms with van der Waals surface area (Å²) in [6, 6.07) is 14.1. The molecule has 1 saturated carbocycles. The Balaban J connectivity index is 1.35. The van der Waals surface area contributed by atoms with Gasteiger partial charge in [0.2, 0.25) is 11.8 Å². The normalized spacial score (nSPS) is 23.4. The van der Waals surface area contributed by atoms with Gasteiger partial charge in [0, 0.05) is 5.56 Å². The third-order valence-electron chi connectivity index (χ3n) is 5.94. The molecule has 0 spiro atoms. The lowest BCUT2D eigenvalue weighted by Gasteiger charge is -2.28. The minimum absolute atomic E-state index is 0.0459. The second kappa shape index (κ2) is 10.5. The zero-order chi connectivity index (χ0) is 25.1. The molecule has 0 radical (unpaired) electrons. The van der Waals surface area contributed by atoms with Crippen LogP contribution in [0.2, 0.25) is 0 Å². The molecule has 2 aromatic rings. The number of hydrogen-bond acceptors (Lipinski definition) is 6. The summed E-state index contributed by atoms with van der Waals surface area (Å²) in [5.74, 6) is -3.98. The van der Waals surface area contributed by atoms with Crippen molar-refractivity contribution >= 4 is 58.5 Å². The summed E-state index contributed by atoms with van der Waals surface area (Å²) >= 11 is 12.4. The molecule has 182 valence electrons. The summed E-state index contributed by atoms with van der Waals surface area (Å²) in [6.07, 6.45) is 0.609. The van der Waals surface area contributed by atoms with Gasteiger partial charge < -0.3 is 4.74 Å². The SMILES string of the molecule is O=C(COC(=O)c1cccc(N2C(=O)[C@@H]3C[C@@H](Cl)[C@@H](Cl)C[C@H]3C2=O)c1)NNC(=O)c1ccccc1.